The van der Waals surface area contributed by atoms with Crippen LogP contribution in [0, 0.1) is 0 Å². The lowest BCUT2D eigenvalue weighted by molar-refractivity contribution is -0.133. The monoisotopic (exact) mass is 377 g/mol. The van der Waals surface area contributed by atoms with Gasteiger partial charge in [-0.1, -0.05) is 31.0 Å². The first-order chi connectivity index (χ1) is 11.2. The lowest BCUT2D eigenvalue weighted by atomic mass is 10.2. The second kappa shape index (κ2) is 7.64. The molecule has 0 N–H and O–H groups in total. The van der Waals surface area contributed by atoms with E-state index < -0.39 is 0 Å². The molecule has 0 bridgehead atoms. The summed E-state index contributed by atoms with van der Waals surface area (Å²) in [6.07, 6.45) is 6.41. The van der Waals surface area contributed by atoms with Gasteiger partial charge >= 0.3 is 0 Å². The van der Waals surface area contributed by atoms with Crippen molar-refractivity contribution < 1.29 is 9.53 Å². The summed E-state index contributed by atoms with van der Waals surface area (Å²) in [5, 5.41) is 4.39. The van der Waals surface area contributed by atoms with Crippen LogP contribution < -0.4 is 4.74 Å². The molecule has 1 aliphatic rings. The molecule has 2 aromatic rings. The number of benzene rings is 1. The summed E-state index contributed by atoms with van der Waals surface area (Å²) in [7, 11) is 0. The van der Waals surface area contributed by atoms with Gasteiger partial charge in [0.1, 0.15) is 0 Å². The number of hydrogen-bond acceptors (Lipinski definition) is 3. The van der Waals surface area contributed by atoms with Gasteiger partial charge in [-0.3, -0.25) is 4.79 Å². The Morgan fingerprint density at radius 1 is 1.13 bits per heavy atom. The van der Waals surface area contributed by atoms with E-state index in [9.17, 15) is 4.79 Å². The predicted molar refractivity (Wildman–Crippen MR) is 91.8 cm³/mol. The van der Waals surface area contributed by atoms with E-state index in [-0.39, 0.29) is 12.5 Å². The summed E-state index contributed by atoms with van der Waals surface area (Å²) in [5.41, 5.74) is 0.946. The van der Waals surface area contributed by atoms with Gasteiger partial charge in [0.2, 0.25) is 5.88 Å². The van der Waals surface area contributed by atoms with Gasteiger partial charge in [-0.15, -0.1) is 5.10 Å². The number of nitrogens with zero attached hydrogens (tertiary/aromatic N) is 3. The summed E-state index contributed by atoms with van der Waals surface area (Å²) in [5.74, 6) is 0.477. The van der Waals surface area contributed by atoms with E-state index in [1.165, 1.54) is 12.8 Å². The Balaban J connectivity index is 1.62. The molecule has 23 heavy (non-hydrogen) atoms. The van der Waals surface area contributed by atoms with Crippen LogP contribution in [0.15, 0.2) is 41.0 Å². The predicted octanol–water partition coefficient (Wildman–Crippen LogP) is 3.42. The quantitative estimate of drug-likeness (QED) is 0.819. The number of halogens is 1. The molecule has 1 aromatic carbocycles. The van der Waals surface area contributed by atoms with Gasteiger partial charge in [-0.25, -0.2) is 4.68 Å². The van der Waals surface area contributed by atoms with Crippen molar-refractivity contribution in [2.75, 3.05) is 19.7 Å². The molecule has 1 aliphatic heterocycles. The first-order valence-corrected chi connectivity index (χ1v) is 8.74. The van der Waals surface area contributed by atoms with Gasteiger partial charge in [0.15, 0.2) is 6.61 Å². The van der Waals surface area contributed by atoms with E-state index in [1.807, 2.05) is 41.4 Å². The minimum atomic E-state index is 0.0321. The number of carbonyl (C=O) groups excluding carboxylic acids is 1. The summed E-state index contributed by atoms with van der Waals surface area (Å²) in [6, 6.07) is 9.79. The normalized spacial score (nSPS) is 15.3. The van der Waals surface area contributed by atoms with E-state index in [2.05, 4.69) is 21.0 Å². The molecule has 0 saturated carbocycles. The number of rotatable bonds is 4. The Morgan fingerprint density at radius 3 is 2.52 bits per heavy atom. The van der Waals surface area contributed by atoms with Crippen LogP contribution in [0.5, 0.6) is 5.88 Å². The first kappa shape index (κ1) is 16.1. The molecule has 6 heteroatoms. The van der Waals surface area contributed by atoms with Crippen LogP contribution >= 0.6 is 15.9 Å². The smallest absolute Gasteiger partial charge is 0.260 e. The zero-order chi connectivity index (χ0) is 16.1. The zero-order valence-corrected chi connectivity index (χ0v) is 14.5. The number of para-hydroxylation sites is 1. The van der Waals surface area contributed by atoms with E-state index in [0.29, 0.717) is 5.88 Å². The van der Waals surface area contributed by atoms with Gasteiger partial charge in [0, 0.05) is 19.3 Å². The number of ether oxygens (including phenoxy) is 1. The molecule has 1 fully saturated rings. The summed E-state index contributed by atoms with van der Waals surface area (Å²) >= 11 is 3.44. The summed E-state index contributed by atoms with van der Waals surface area (Å²) in [4.78, 5) is 14.2. The Hall–Kier alpha value is -1.82. The molecular weight excluding hydrogens is 358 g/mol. The van der Waals surface area contributed by atoms with Crippen molar-refractivity contribution in [2.45, 2.75) is 25.7 Å². The maximum absolute atomic E-state index is 12.3. The van der Waals surface area contributed by atoms with Crippen molar-refractivity contribution in [3.63, 3.8) is 0 Å². The highest BCUT2D eigenvalue weighted by Crippen LogP contribution is 2.24. The molecule has 122 valence electrons. The van der Waals surface area contributed by atoms with Gasteiger partial charge in [0.05, 0.1) is 10.2 Å². The van der Waals surface area contributed by atoms with Crippen molar-refractivity contribution in [1.82, 2.24) is 14.7 Å². The minimum Gasteiger partial charge on any atom is -0.466 e. The highest BCUT2D eigenvalue weighted by molar-refractivity contribution is 9.10. The number of hydrogen-bond donors (Lipinski definition) is 0. The molecule has 5 nitrogen and oxygen atoms in total. The molecule has 3 rings (SSSR count). The van der Waals surface area contributed by atoms with Crippen LogP contribution in [0.2, 0.25) is 0 Å². The van der Waals surface area contributed by atoms with Crippen LogP contribution in [0.4, 0.5) is 0 Å². The molecule has 1 aromatic heterocycles. The second-order valence-electron chi connectivity index (χ2n) is 5.65. The summed E-state index contributed by atoms with van der Waals surface area (Å²) in [6.45, 7) is 1.70. The van der Waals surface area contributed by atoms with Crippen LogP contribution in [0.25, 0.3) is 5.69 Å². The Morgan fingerprint density at radius 2 is 1.83 bits per heavy atom. The molecule has 0 unspecified atom stereocenters. The van der Waals surface area contributed by atoms with Crippen molar-refractivity contribution in [3.05, 3.63) is 41.0 Å². The van der Waals surface area contributed by atoms with Crippen LogP contribution in [0.1, 0.15) is 25.7 Å². The average Bonchev–Trinajstić information content (AvgIpc) is 2.78. The molecular formula is C17H20BrN3O2. The number of carbonyl (C=O) groups is 1. The number of aromatic nitrogens is 2. The molecule has 0 aliphatic carbocycles. The van der Waals surface area contributed by atoms with Crippen LogP contribution in [0.3, 0.4) is 0 Å². The van der Waals surface area contributed by atoms with E-state index in [4.69, 9.17) is 4.74 Å². The second-order valence-corrected chi connectivity index (χ2v) is 6.50. The molecule has 1 amide bonds. The number of amides is 1. The zero-order valence-electron chi connectivity index (χ0n) is 12.9. The average molecular weight is 378 g/mol. The van der Waals surface area contributed by atoms with E-state index >= 15 is 0 Å². The maximum atomic E-state index is 12.3. The molecule has 0 spiro atoms. The third-order valence-electron chi connectivity index (χ3n) is 3.95. The van der Waals surface area contributed by atoms with Gasteiger partial charge in [-0.05, 0) is 40.9 Å². The third kappa shape index (κ3) is 4.13. The van der Waals surface area contributed by atoms with Crippen molar-refractivity contribution in [3.8, 4) is 11.6 Å². The first-order valence-electron chi connectivity index (χ1n) is 7.95. The number of likely N-dealkylation sites (tertiary alicyclic amines) is 1. The van der Waals surface area contributed by atoms with Crippen LogP contribution in [-0.4, -0.2) is 40.3 Å². The molecule has 2 heterocycles. The highest BCUT2D eigenvalue weighted by Gasteiger charge is 2.17. The molecule has 0 radical (unpaired) electrons. The third-order valence-corrected chi connectivity index (χ3v) is 4.49. The summed E-state index contributed by atoms with van der Waals surface area (Å²) < 4.78 is 8.10. The fourth-order valence-corrected chi connectivity index (χ4v) is 3.08. The highest BCUT2D eigenvalue weighted by atomic mass is 79.9. The topological polar surface area (TPSA) is 47.4 Å². The van der Waals surface area contributed by atoms with Crippen LogP contribution in [-0.2, 0) is 4.79 Å². The standard InChI is InChI=1S/C17H20BrN3O2/c18-15-12-21(14-8-4-3-5-9-14)19-17(15)23-13-16(22)20-10-6-1-2-7-11-20/h3-5,8-9,12H,1-2,6-7,10-11,13H2. The van der Waals surface area contributed by atoms with E-state index in [1.54, 1.807) is 4.68 Å². The van der Waals surface area contributed by atoms with Crippen molar-refractivity contribution in [2.24, 2.45) is 0 Å². The lowest BCUT2D eigenvalue weighted by Gasteiger charge is -2.19. The molecule has 0 atom stereocenters. The Bertz CT molecular complexity index is 649. The van der Waals surface area contributed by atoms with Gasteiger partial charge in [0.25, 0.3) is 5.91 Å². The minimum absolute atomic E-state index is 0.0321. The van der Waals surface area contributed by atoms with Gasteiger partial charge in [-0.2, -0.15) is 0 Å². The SMILES string of the molecule is O=C(COc1nn(-c2ccccc2)cc1Br)N1CCCCCC1. The fourth-order valence-electron chi connectivity index (χ4n) is 2.69. The van der Waals surface area contributed by atoms with E-state index in [0.717, 1.165) is 36.1 Å². The Kier molecular flexibility index (Phi) is 5.33. The van der Waals surface area contributed by atoms with Crippen molar-refractivity contribution >= 4 is 21.8 Å². The van der Waals surface area contributed by atoms with Gasteiger partial charge < -0.3 is 9.64 Å². The fraction of sp³-hybridized carbons (Fsp3) is 0.412. The lowest BCUT2D eigenvalue weighted by Crippen LogP contribution is -2.35. The Labute approximate surface area is 144 Å². The molecule has 1 saturated heterocycles. The maximum Gasteiger partial charge on any atom is 0.260 e. The largest absolute Gasteiger partial charge is 0.466 e. The van der Waals surface area contributed by atoms with Crippen molar-refractivity contribution in [1.29, 1.82) is 0 Å².